The minimum atomic E-state index is -4.63. The number of ether oxygens (including phenoxy) is 1. The number of rotatable bonds is 7. The van der Waals surface area contributed by atoms with Crippen molar-refractivity contribution >= 4 is 34.4 Å². The van der Waals surface area contributed by atoms with E-state index in [0.29, 0.717) is 40.8 Å². The van der Waals surface area contributed by atoms with Gasteiger partial charge in [-0.1, -0.05) is 18.2 Å². The molecule has 2 N–H and O–H groups in total. The van der Waals surface area contributed by atoms with E-state index in [0.717, 1.165) is 11.6 Å². The molecule has 204 valence electrons. The largest absolute Gasteiger partial charge is 0.497 e. The van der Waals surface area contributed by atoms with Crippen LogP contribution in [0.2, 0.25) is 0 Å². The van der Waals surface area contributed by atoms with Crippen LogP contribution in [0, 0.1) is 6.92 Å². The second kappa shape index (κ2) is 10.6. The normalized spacial score (nSPS) is 11.4. The van der Waals surface area contributed by atoms with Crippen LogP contribution in [0.15, 0.2) is 60.8 Å². The summed E-state index contributed by atoms with van der Waals surface area (Å²) in [7, 11) is 1.58. The smallest absolute Gasteiger partial charge is 0.433 e. The van der Waals surface area contributed by atoms with E-state index in [2.05, 4.69) is 35.6 Å². The Labute approximate surface area is 226 Å². The summed E-state index contributed by atoms with van der Waals surface area (Å²) in [4.78, 5) is 33.2. The summed E-state index contributed by atoms with van der Waals surface area (Å²) in [5.74, 6) is 1.57. The van der Waals surface area contributed by atoms with Gasteiger partial charge in [0.2, 0.25) is 5.91 Å². The molecule has 0 saturated heterocycles. The zero-order chi connectivity index (χ0) is 28.4. The fraction of sp³-hybridized carbons (Fsp3) is 0.185. The number of carbonyl (C=O) groups is 1. The van der Waals surface area contributed by atoms with Gasteiger partial charge in [-0.2, -0.15) is 13.2 Å². The Morgan fingerprint density at radius 1 is 1.02 bits per heavy atom. The monoisotopic (exact) mass is 548 g/mol. The number of pyridine rings is 2. The van der Waals surface area contributed by atoms with Gasteiger partial charge in [0.05, 0.1) is 13.7 Å². The molecule has 1 aromatic carbocycles. The standard InChI is InChI=1S/C27H23F3N8O2/c1-15-32-23-25(34-18-11-12-31-22(13-18)33-16(2)39)36-24(20-5-4-6-21(35-20)27(28,29)30)37-26(23)38(15)14-17-7-9-19(40-3)10-8-17/h4-13H,14H2,1-3H3,(H2,31,33,34,36,37,39). The van der Waals surface area contributed by atoms with Crippen LogP contribution in [0.1, 0.15) is 24.0 Å². The molecule has 5 rings (SSSR count). The van der Waals surface area contributed by atoms with Crippen LogP contribution in [0.5, 0.6) is 5.75 Å². The summed E-state index contributed by atoms with van der Waals surface area (Å²) in [6, 6.07) is 14.3. The summed E-state index contributed by atoms with van der Waals surface area (Å²) < 4.78 is 47.3. The first-order valence-corrected chi connectivity index (χ1v) is 12.0. The van der Waals surface area contributed by atoms with Crippen LogP contribution >= 0.6 is 0 Å². The number of amides is 1. The van der Waals surface area contributed by atoms with Gasteiger partial charge in [0.1, 0.15) is 28.8 Å². The number of aromatic nitrogens is 6. The number of imidazole rings is 1. The summed E-state index contributed by atoms with van der Waals surface area (Å²) in [6.07, 6.45) is -3.14. The first-order chi connectivity index (χ1) is 19.1. The van der Waals surface area contributed by atoms with Crippen LogP contribution < -0.4 is 15.4 Å². The molecule has 0 atom stereocenters. The molecule has 0 aliphatic carbocycles. The highest BCUT2D eigenvalue weighted by Gasteiger charge is 2.33. The van der Waals surface area contributed by atoms with Crippen molar-refractivity contribution in [3.05, 3.63) is 77.9 Å². The lowest BCUT2D eigenvalue weighted by atomic mass is 10.2. The van der Waals surface area contributed by atoms with E-state index in [1.165, 1.54) is 25.3 Å². The number of halogens is 3. The van der Waals surface area contributed by atoms with Gasteiger partial charge in [0.15, 0.2) is 22.8 Å². The first kappa shape index (κ1) is 26.5. The number of alkyl halides is 3. The molecule has 5 aromatic rings. The van der Waals surface area contributed by atoms with E-state index >= 15 is 0 Å². The van der Waals surface area contributed by atoms with Crippen molar-refractivity contribution in [3.8, 4) is 17.3 Å². The van der Waals surface area contributed by atoms with Crippen LogP contribution in [-0.2, 0) is 17.5 Å². The zero-order valence-corrected chi connectivity index (χ0v) is 21.6. The summed E-state index contributed by atoms with van der Waals surface area (Å²) >= 11 is 0. The van der Waals surface area contributed by atoms with Gasteiger partial charge in [-0.3, -0.25) is 4.79 Å². The Balaban J connectivity index is 1.64. The fourth-order valence-electron chi connectivity index (χ4n) is 4.02. The van der Waals surface area contributed by atoms with E-state index < -0.39 is 11.9 Å². The molecule has 0 spiro atoms. The Kier molecular flexibility index (Phi) is 7.03. The van der Waals surface area contributed by atoms with Crippen molar-refractivity contribution in [2.75, 3.05) is 17.7 Å². The topological polar surface area (TPSA) is 120 Å². The van der Waals surface area contributed by atoms with Gasteiger partial charge >= 0.3 is 6.18 Å². The van der Waals surface area contributed by atoms with Gasteiger partial charge in [-0.15, -0.1) is 0 Å². The molecule has 1 amide bonds. The number of hydrogen-bond donors (Lipinski definition) is 2. The lowest BCUT2D eigenvalue weighted by Crippen LogP contribution is -2.09. The number of anilines is 3. The molecule has 4 aromatic heterocycles. The number of methoxy groups -OCH3 is 1. The van der Waals surface area contributed by atoms with Gasteiger partial charge < -0.3 is 19.9 Å². The highest BCUT2D eigenvalue weighted by molar-refractivity contribution is 5.90. The van der Waals surface area contributed by atoms with E-state index in [-0.39, 0.29) is 23.2 Å². The molecule has 0 aliphatic rings. The molecule has 0 radical (unpaired) electrons. The molecule has 0 aliphatic heterocycles. The highest BCUT2D eigenvalue weighted by atomic mass is 19.4. The van der Waals surface area contributed by atoms with Gasteiger partial charge in [-0.05, 0) is 42.8 Å². The van der Waals surface area contributed by atoms with Crippen molar-refractivity contribution in [1.82, 2.24) is 29.5 Å². The Bertz CT molecular complexity index is 1700. The van der Waals surface area contributed by atoms with E-state index in [9.17, 15) is 18.0 Å². The van der Waals surface area contributed by atoms with E-state index in [1.807, 2.05) is 28.8 Å². The predicted octanol–water partition coefficient (Wildman–Crippen LogP) is 5.37. The molecule has 0 bridgehead atoms. The maximum atomic E-state index is 13.4. The average Bonchev–Trinajstić information content (AvgIpc) is 3.23. The molecule has 4 heterocycles. The fourth-order valence-corrected chi connectivity index (χ4v) is 4.02. The predicted molar refractivity (Wildman–Crippen MR) is 142 cm³/mol. The molecule has 0 unspecified atom stereocenters. The van der Waals surface area contributed by atoms with Crippen LogP contribution in [0.25, 0.3) is 22.7 Å². The summed E-state index contributed by atoms with van der Waals surface area (Å²) in [6.45, 7) is 3.56. The van der Waals surface area contributed by atoms with E-state index in [1.54, 1.807) is 26.2 Å². The third-order valence-electron chi connectivity index (χ3n) is 5.88. The van der Waals surface area contributed by atoms with Crippen LogP contribution in [-0.4, -0.2) is 42.5 Å². The molecule has 10 nitrogen and oxygen atoms in total. The number of nitrogens with zero attached hydrogens (tertiary/aromatic N) is 6. The van der Waals surface area contributed by atoms with Gasteiger partial charge in [0.25, 0.3) is 0 Å². The lowest BCUT2D eigenvalue weighted by Gasteiger charge is -2.12. The maximum absolute atomic E-state index is 13.4. The Morgan fingerprint density at radius 2 is 1.80 bits per heavy atom. The molecular weight excluding hydrogens is 525 g/mol. The first-order valence-electron chi connectivity index (χ1n) is 12.0. The zero-order valence-electron chi connectivity index (χ0n) is 21.6. The summed E-state index contributed by atoms with van der Waals surface area (Å²) in [5.41, 5.74) is 1.15. The maximum Gasteiger partial charge on any atom is 0.433 e. The average molecular weight is 549 g/mol. The second-order valence-electron chi connectivity index (χ2n) is 8.80. The quantitative estimate of drug-likeness (QED) is 0.279. The molecule has 40 heavy (non-hydrogen) atoms. The van der Waals surface area contributed by atoms with Crippen LogP contribution in [0.3, 0.4) is 0 Å². The van der Waals surface area contributed by atoms with Crippen molar-refractivity contribution in [2.45, 2.75) is 26.6 Å². The SMILES string of the molecule is COc1ccc(Cn2c(C)nc3c(Nc4ccnc(NC(C)=O)c4)nc(-c4cccc(C(F)(F)F)n4)nc32)cc1. The molecule has 0 fully saturated rings. The Morgan fingerprint density at radius 3 is 2.50 bits per heavy atom. The van der Waals surface area contributed by atoms with Crippen LogP contribution in [0.4, 0.5) is 30.5 Å². The lowest BCUT2D eigenvalue weighted by molar-refractivity contribution is -0.141. The molecule has 13 heteroatoms. The number of hydrogen-bond acceptors (Lipinski definition) is 8. The molecule has 0 saturated carbocycles. The minimum Gasteiger partial charge on any atom is -0.497 e. The minimum absolute atomic E-state index is 0.0203. The van der Waals surface area contributed by atoms with Crippen molar-refractivity contribution in [1.29, 1.82) is 0 Å². The second-order valence-corrected chi connectivity index (χ2v) is 8.80. The van der Waals surface area contributed by atoms with Gasteiger partial charge in [0, 0.05) is 24.9 Å². The van der Waals surface area contributed by atoms with Crippen molar-refractivity contribution in [2.24, 2.45) is 0 Å². The molecular formula is C27H23F3N8O2. The summed E-state index contributed by atoms with van der Waals surface area (Å²) in [5, 5.41) is 5.76. The van der Waals surface area contributed by atoms with E-state index in [4.69, 9.17) is 4.74 Å². The van der Waals surface area contributed by atoms with Gasteiger partial charge in [-0.25, -0.2) is 24.9 Å². The number of aryl methyl sites for hydroxylation is 1. The van der Waals surface area contributed by atoms with Crippen molar-refractivity contribution in [3.63, 3.8) is 0 Å². The third-order valence-corrected chi connectivity index (χ3v) is 5.88. The third kappa shape index (κ3) is 5.67. The number of carbonyl (C=O) groups excluding carboxylic acids is 1. The highest BCUT2D eigenvalue weighted by Crippen LogP contribution is 2.31. The number of benzene rings is 1. The Hall–Kier alpha value is -5.07. The number of fused-ring (bicyclic) bond motifs is 1. The van der Waals surface area contributed by atoms with Crippen molar-refractivity contribution < 1.29 is 22.7 Å². The number of nitrogens with one attached hydrogen (secondary N) is 2.